The van der Waals surface area contributed by atoms with Crippen LogP contribution in [0, 0.1) is 0 Å². The van der Waals surface area contributed by atoms with Gasteiger partial charge in [0.25, 0.3) is 0 Å². The molecule has 82 valence electrons. The summed E-state index contributed by atoms with van der Waals surface area (Å²) in [6.45, 7) is 8.15. The second-order valence-electron chi connectivity index (χ2n) is 3.19. The van der Waals surface area contributed by atoms with Gasteiger partial charge in [0.2, 0.25) is 12.3 Å². The average Bonchev–Trinajstić information content (AvgIpc) is 2.52. The predicted octanol–water partition coefficient (Wildman–Crippen LogP) is 0.791. The Morgan fingerprint density at radius 3 is 2.64 bits per heavy atom. The van der Waals surface area contributed by atoms with E-state index in [-0.39, 0.29) is 13.4 Å². The van der Waals surface area contributed by atoms with Gasteiger partial charge in [-0.3, -0.25) is 9.59 Å². The molecule has 1 atom stereocenters. The molecule has 4 nitrogen and oxygen atoms in total. The van der Waals surface area contributed by atoms with Crippen molar-refractivity contribution in [2.75, 3.05) is 13.1 Å². The fraction of sp³-hybridized carbons (Fsp3) is 0.600. The molecule has 1 unspecified atom stereocenters. The van der Waals surface area contributed by atoms with Crippen molar-refractivity contribution < 1.29 is 11.0 Å². The minimum Gasteiger partial charge on any atom is -0.352 e. The van der Waals surface area contributed by atoms with E-state index in [0.29, 0.717) is 6.54 Å². The van der Waals surface area contributed by atoms with E-state index in [9.17, 15) is 9.59 Å². The number of nitrogens with one attached hydrogen (secondary N) is 1. The Morgan fingerprint density at radius 1 is 1.71 bits per heavy atom. The molecule has 0 saturated carbocycles. The number of hydrogen-bond acceptors (Lipinski definition) is 2. The third kappa shape index (κ3) is 5.35. The van der Waals surface area contributed by atoms with Crippen LogP contribution in [-0.2, 0) is 9.59 Å². The number of amides is 2. The maximum absolute atomic E-state index is 10.6. The molecule has 1 N–H and O–H groups in total. The van der Waals surface area contributed by atoms with E-state index in [4.69, 9.17) is 0 Å². The molecule has 0 aromatic carbocycles. The van der Waals surface area contributed by atoms with Crippen molar-refractivity contribution in [1.29, 1.82) is 0 Å². The van der Waals surface area contributed by atoms with Crippen LogP contribution in [0.3, 0.4) is 0 Å². The second kappa shape index (κ2) is 7.12. The maximum atomic E-state index is 10.6. The van der Waals surface area contributed by atoms with E-state index < -0.39 is 0 Å². The van der Waals surface area contributed by atoms with Crippen molar-refractivity contribution >= 4 is 12.3 Å². The van der Waals surface area contributed by atoms with Crippen LogP contribution >= 0.6 is 0 Å². The number of carbonyl (C=O) groups excluding carboxylic acids is 2. The van der Waals surface area contributed by atoms with E-state index in [0.717, 1.165) is 19.4 Å². The Kier molecular flexibility index (Phi) is 6.45. The average molecular weight is 200 g/mol. The van der Waals surface area contributed by atoms with Crippen molar-refractivity contribution in [2.45, 2.75) is 26.3 Å². The topological polar surface area (TPSA) is 49.4 Å². The highest BCUT2D eigenvalue weighted by Crippen LogP contribution is 2.05. The number of allylic oxidation sites excluding steroid dienone is 1. The normalized spacial score (nSPS) is 19.3. The van der Waals surface area contributed by atoms with Gasteiger partial charge in [-0.25, -0.2) is 0 Å². The molecule has 0 aromatic heterocycles. The largest absolute Gasteiger partial charge is 0.352 e. The van der Waals surface area contributed by atoms with E-state index in [1.807, 2.05) is 6.92 Å². The molecule has 2 amide bonds. The van der Waals surface area contributed by atoms with Crippen LogP contribution in [0.5, 0.6) is 0 Å². The summed E-state index contributed by atoms with van der Waals surface area (Å²) in [5, 5.41) is 2.77. The second-order valence-corrected chi connectivity index (χ2v) is 3.19. The summed E-state index contributed by atoms with van der Waals surface area (Å²) in [4.78, 5) is 22.5. The van der Waals surface area contributed by atoms with Gasteiger partial charge in [0.15, 0.2) is 0 Å². The van der Waals surface area contributed by atoms with Gasteiger partial charge in [0.1, 0.15) is 0 Å². The number of carbonyl (C=O) groups is 2. The summed E-state index contributed by atoms with van der Waals surface area (Å²) >= 11 is 0. The Bertz CT molecular complexity index is 210. The number of hydrogen-bond donors (Lipinski definition) is 1. The first-order chi connectivity index (χ1) is 6.63. The van der Waals surface area contributed by atoms with Gasteiger partial charge < -0.3 is 10.2 Å². The van der Waals surface area contributed by atoms with Crippen LogP contribution in [0.4, 0.5) is 0 Å². The summed E-state index contributed by atoms with van der Waals surface area (Å²) in [7, 11) is 0. The lowest BCUT2D eigenvalue weighted by molar-refractivity contribution is -0.120. The van der Waals surface area contributed by atoms with Crippen LogP contribution in [0.15, 0.2) is 12.7 Å². The fourth-order valence-corrected chi connectivity index (χ4v) is 1.29. The molecule has 1 aliphatic rings. The van der Waals surface area contributed by atoms with E-state index >= 15 is 0 Å². The van der Waals surface area contributed by atoms with Gasteiger partial charge in [-0.2, -0.15) is 0 Å². The van der Waals surface area contributed by atoms with Crippen LogP contribution in [-0.4, -0.2) is 36.3 Å². The SMILES string of the molecule is C=CC.CC(=O)NC1CCN(C=O)C1.[HH]. The molecule has 1 saturated heterocycles. The molecule has 4 heteroatoms. The Hall–Kier alpha value is -1.32. The summed E-state index contributed by atoms with van der Waals surface area (Å²) < 4.78 is 0. The zero-order valence-electron chi connectivity index (χ0n) is 8.82. The zero-order valence-corrected chi connectivity index (χ0v) is 8.82. The molecule has 1 fully saturated rings. The first-order valence-electron chi connectivity index (χ1n) is 4.67. The molecule has 1 rings (SSSR count). The summed E-state index contributed by atoms with van der Waals surface area (Å²) in [6, 6.07) is 0.165. The van der Waals surface area contributed by atoms with Crippen LogP contribution in [0.1, 0.15) is 21.7 Å². The molecule has 1 heterocycles. The molecule has 0 aliphatic carbocycles. The number of rotatable bonds is 2. The molecular weight excluding hydrogens is 180 g/mol. The minimum absolute atomic E-state index is 0. The minimum atomic E-state index is -0.0252. The van der Waals surface area contributed by atoms with Gasteiger partial charge in [-0.1, -0.05) is 6.08 Å². The third-order valence-electron chi connectivity index (χ3n) is 1.78. The molecule has 1 aliphatic heterocycles. The van der Waals surface area contributed by atoms with Crippen molar-refractivity contribution in [3.8, 4) is 0 Å². The first-order valence-corrected chi connectivity index (χ1v) is 4.67. The number of nitrogens with zero attached hydrogens (tertiary/aromatic N) is 1. The highest BCUT2D eigenvalue weighted by Gasteiger charge is 2.20. The lowest BCUT2D eigenvalue weighted by Gasteiger charge is -2.10. The van der Waals surface area contributed by atoms with Gasteiger partial charge in [0.05, 0.1) is 0 Å². The summed E-state index contributed by atoms with van der Waals surface area (Å²) in [5.41, 5.74) is 0. The van der Waals surface area contributed by atoms with Gasteiger partial charge in [0, 0.05) is 27.5 Å². The van der Waals surface area contributed by atoms with E-state index in [1.54, 1.807) is 11.0 Å². The molecule has 0 spiro atoms. The third-order valence-corrected chi connectivity index (χ3v) is 1.78. The van der Waals surface area contributed by atoms with Crippen LogP contribution in [0.2, 0.25) is 0 Å². The first kappa shape index (κ1) is 12.7. The van der Waals surface area contributed by atoms with E-state index in [2.05, 4.69) is 11.9 Å². The highest BCUT2D eigenvalue weighted by atomic mass is 16.1. The van der Waals surface area contributed by atoms with Crippen LogP contribution < -0.4 is 5.32 Å². The van der Waals surface area contributed by atoms with Gasteiger partial charge in [-0.05, 0) is 13.3 Å². The van der Waals surface area contributed by atoms with Crippen molar-refractivity contribution in [2.24, 2.45) is 0 Å². The standard InChI is InChI=1S/C7H12N2O2.C3H6.H2/c1-6(11)8-7-2-3-9(4-7)5-10;1-3-2;/h5,7H,2-4H2,1H3,(H,8,11);3H,1H2,2H3;1H. The Morgan fingerprint density at radius 2 is 2.29 bits per heavy atom. The highest BCUT2D eigenvalue weighted by molar-refractivity contribution is 5.73. The molecule has 0 aromatic rings. The maximum Gasteiger partial charge on any atom is 0.217 e. The summed E-state index contributed by atoms with van der Waals surface area (Å²) in [6.07, 6.45) is 3.44. The van der Waals surface area contributed by atoms with Gasteiger partial charge in [-0.15, -0.1) is 6.58 Å². The zero-order chi connectivity index (χ0) is 11.0. The monoisotopic (exact) mass is 200 g/mol. The molecule has 0 radical (unpaired) electrons. The van der Waals surface area contributed by atoms with Crippen molar-refractivity contribution in [3.05, 3.63) is 12.7 Å². The van der Waals surface area contributed by atoms with Crippen LogP contribution in [0.25, 0.3) is 0 Å². The lowest BCUT2D eigenvalue weighted by atomic mass is 10.3. The molecular formula is C10H20N2O2. The number of likely N-dealkylation sites (tertiary alicyclic amines) is 1. The smallest absolute Gasteiger partial charge is 0.217 e. The van der Waals surface area contributed by atoms with Crippen molar-refractivity contribution in [1.82, 2.24) is 10.2 Å². The molecule has 0 bridgehead atoms. The summed E-state index contributed by atoms with van der Waals surface area (Å²) in [5.74, 6) is -0.0252. The predicted molar refractivity (Wildman–Crippen MR) is 57.8 cm³/mol. The Labute approximate surface area is 86.5 Å². The lowest BCUT2D eigenvalue weighted by Crippen LogP contribution is -2.35. The molecule has 14 heavy (non-hydrogen) atoms. The quantitative estimate of drug-likeness (QED) is 0.529. The van der Waals surface area contributed by atoms with E-state index in [1.165, 1.54) is 6.92 Å². The van der Waals surface area contributed by atoms with Gasteiger partial charge >= 0.3 is 0 Å². The fourth-order valence-electron chi connectivity index (χ4n) is 1.29. The van der Waals surface area contributed by atoms with Crippen molar-refractivity contribution in [3.63, 3.8) is 0 Å². The Balaban J connectivity index is 0.